The Morgan fingerprint density at radius 3 is 2.65 bits per heavy atom. The molecule has 5 heteroatoms. The summed E-state index contributed by atoms with van der Waals surface area (Å²) in [4.78, 5) is 16.9. The first-order valence-corrected chi connectivity index (χ1v) is 9.40. The van der Waals surface area contributed by atoms with E-state index in [0.29, 0.717) is 0 Å². The molecular weight excluding hydrogens is 324 g/mol. The molecule has 0 bridgehead atoms. The number of amides is 1. The van der Waals surface area contributed by atoms with Crippen LogP contribution in [0.5, 0.6) is 0 Å². The number of nitrogens with one attached hydrogen (secondary N) is 1. The number of hydrogen-bond acceptors (Lipinski definition) is 4. The molecule has 0 saturated heterocycles. The van der Waals surface area contributed by atoms with Gasteiger partial charge in [0.1, 0.15) is 4.38 Å². The highest BCUT2D eigenvalue weighted by atomic mass is 32.2. The van der Waals surface area contributed by atoms with Crippen LogP contribution in [0.25, 0.3) is 11.1 Å². The van der Waals surface area contributed by atoms with Crippen molar-refractivity contribution < 1.29 is 4.79 Å². The van der Waals surface area contributed by atoms with Crippen LogP contribution in [-0.4, -0.2) is 27.8 Å². The van der Waals surface area contributed by atoms with E-state index in [2.05, 4.69) is 10.3 Å². The quantitative estimate of drug-likeness (QED) is 0.888. The second-order valence-electron chi connectivity index (χ2n) is 5.16. The number of carbonyl (C=O) groups is 1. The van der Waals surface area contributed by atoms with Crippen LogP contribution in [-0.2, 0) is 4.79 Å². The van der Waals surface area contributed by atoms with E-state index >= 15 is 0 Å². The van der Waals surface area contributed by atoms with E-state index in [1.165, 1.54) is 11.8 Å². The molecule has 118 valence electrons. The molecule has 2 aromatic rings. The first kappa shape index (κ1) is 16.1. The standard InChI is InChI=1S/C18H18N2OS2/c1-13(23-18-19-11-12-22-18)17(21)20-16-10-6-5-9-15(16)14-7-3-2-4-8-14/h2-10,13H,11-12H2,1H3,(H,20,21)/t13-/m1/s1. The molecule has 0 aromatic heterocycles. The number of nitrogens with zero attached hydrogens (tertiary/aromatic N) is 1. The third-order valence-corrected chi connectivity index (χ3v) is 5.78. The van der Waals surface area contributed by atoms with Gasteiger partial charge < -0.3 is 5.32 Å². The first-order chi connectivity index (χ1) is 11.2. The van der Waals surface area contributed by atoms with Crippen LogP contribution in [0.15, 0.2) is 59.6 Å². The van der Waals surface area contributed by atoms with Gasteiger partial charge in [0.2, 0.25) is 5.91 Å². The van der Waals surface area contributed by atoms with Crippen molar-refractivity contribution in [2.24, 2.45) is 4.99 Å². The second-order valence-corrected chi connectivity index (χ2v) is 7.83. The predicted molar refractivity (Wildman–Crippen MR) is 102 cm³/mol. The molecule has 23 heavy (non-hydrogen) atoms. The third kappa shape index (κ3) is 4.18. The third-order valence-electron chi connectivity index (χ3n) is 3.47. The maximum absolute atomic E-state index is 12.5. The normalized spacial score (nSPS) is 15.1. The zero-order chi connectivity index (χ0) is 16.1. The highest BCUT2D eigenvalue weighted by Crippen LogP contribution is 2.30. The molecule has 0 spiro atoms. The van der Waals surface area contributed by atoms with Crippen molar-refractivity contribution in [3.05, 3.63) is 54.6 Å². The molecule has 1 aliphatic rings. The second kappa shape index (κ2) is 7.70. The van der Waals surface area contributed by atoms with Crippen molar-refractivity contribution >= 4 is 39.5 Å². The number of thioether (sulfide) groups is 2. The Morgan fingerprint density at radius 2 is 1.91 bits per heavy atom. The zero-order valence-electron chi connectivity index (χ0n) is 12.9. The van der Waals surface area contributed by atoms with Crippen LogP contribution in [0.3, 0.4) is 0 Å². The summed E-state index contributed by atoms with van der Waals surface area (Å²) in [6.07, 6.45) is 0. The number of para-hydroxylation sites is 1. The molecular formula is C18H18N2OS2. The van der Waals surface area contributed by atoms with Gasteiger partial charge in [-0.3, -0.25) is 9.79 Å². The summed E-state index contributed by atoms with van der Waals surface area (Å²) in [6, 6.07) is 18.0. The molecule has 3 nitrogen and oxygen atoms in total. The Labute approximate surface area is 145 Å². The van der Waals surface area contributed by atoms with Crippen LogP contribution in [0.2, 0.25) is 0 Å². The van der Waals surface area contributed by atoms with Crippen LogP contribution in [0, 0.1) is 0 Å². The van der Waals surface area contributed by atoms with Crippen molar-refractivity contribution in [2.45, 2.75) is 12.2 Å². The maximum Gasteiger partial charge on any atom is 0.237 e. The Morgan fingerprint density at radius 1 is 1.17 bits per heavy atom. The van der Waals surface area contributed by atoms with Crippen molar-refractivity contribution in [1.29, 1.82) is 0 Å². The monoisotopic (exact) mass is 342 g/mol. The van der Waals surface area contributed by atoms with Gasteiger partial charge in [0.25, 0.3) is 0 Å². The maximum atomic E-state index is 12.5. The minimum atomic E-state index is -0.164. The smallest absolute Gasteiger partial charge is 0.237 e. The van der Waals surface area contributed by atoms with Crippen molar-refractivity contribution in [1.82, 2.24) is 0 Å². The molecule has 0 saturated carbocycles. The molecule has 1 atom stereocenters. The number of hydrogen-bond donors (Lipinski definition) is 1. The molecule has 1 N–H and O–H groups in total. The number of anilines is 1. The molecule has 3 rings (SSSR count). The van der Waals surface area contributed by atoms with Crippen LogP contribution < -0.4 is 5.32 Å². The highest BCUT2D eigenvalue weighted by molar-refractivity contribution is 8.39. The van der Waals surface area contributed by atoms with E-state index in [9.17, 15) is 4.79 Å². The van der Waals surface area contributed by atoms with Gasteiger partial charge in [-0.1, -0.05) is 72.1 Å². The minimum Gasteiger partial charge on any atom is -0.325 e. The van der Waals surface area contributed by atoms with Crippen molar-refractivity contribution in [2.75, 3.05) is 17.6 Å². The van der Waals surface area contributed by atoms with E-state index in [1.807, 2.05) is 61.5 Å². The lowest BCUT2D eigenvalue weighted by molar-refractivity contribution is -0.115. The first-order valence-electron chi connectivity index (χ1n) is 7.53. The average molecular weight is 342 g/mol. The average Bonchev–Trinajstić information content (AvgIpc) is 3.09. The van der Waals surface area contributed by atoms with Gasteiger partial charge in [-0.2, -0.15) is 0 Å². The SMILES string of the molecule is C[C@@H](SC1=NCCS1)C(=O)Nc1ccccc1-c1ccccc1. The number of aliphatic imine (C=N–C) groups is 1. The summed E-state index contributed by atoms with van der Waals surface area (Å²) in [7, 11) is 0. The van der Waals surface area contributed by atoms with Gasteiger partial charge >= 0.3 is 0 Å². The van der Waals surface area contributed by atoms with Crippen LogP contribution >= 0.6 is 23.5 Å². The number of benzene rings is 2. The lowest BCUT2D eigenvalue weighted by Crippen LogP contribution is -2.23. The van der Waals surface area contributed by atoms with Crippen LogP contribution in [0.1, 0.15) is 6.92 Å². The number of carbonyl (C=O) groups excluding carboxylic acids is 1. The Bertz CT molecular complexity index is 716. The summed E-state index contributed by atoms with van der Waals surface area (Å²) >= 11 is 3.26. The van der Waals surface area contributed by atoms with Gasteiger partial charge in [-0.25, -0.2) is 0 Å². The van der Waals surface area contributed by atoms with E-state index in [-0.39, 0.29) is 11.2 Å². The summed E-state index contributed by atoms with van der Waals surface area (Å²) in [5.74, 6) is 1.03. The Hall–Kier alpha value is -1.72. The fraction of sp³-hybridized carbons (Fsp3) is 0.222. The fourth-order valence-electron chi connectivity index (χ4n) is 2.29. The molecule has 1 amide bonds. The summed E-state index contributed by atoms with van der Waals surface area (Å²) in [6.45, 7) is 2.78. The molecule has 1 heterocycles. The summed E-state index contributed by atoms with van der Waals surface area (Å²) in [5, 5.41) is 2.89. The molecule has 0 fully saturated rings. The van der Waals surface area contributed by atoms with Gasteiger partial charge in [-0.15, -0.1) is 0 Å². The Balaban J connectivity index is 1.73. The van der Waals surface area contributed by atoms with Gasteiger partial charge in [0.05, 0.1) is 11.8 Å². The minimum absolute atomic E-state index is 0.00795. The van der Waals surface area contributed by atoms with Gasteiger partial charge in [0.15, 0.2) is 0 Å². The molecule has 1 aliphatic heterocycles. The van der Waals surface area contributed by atoms with E-state index in [0.717, 1.165) is 33.5 Å². The van der Waals surface area contributed by atoms with E-state index in [1.54, 1.807) is 11.8 Å². The fourth-order valence-corrected chi connectivity index (χ4v) is 4.42. The van der Waals surface area contributed by atoms with Crippen molar-refractivity contribution in [3.63, 3.8) is 0 Å². The van der Waals surface area contributed by atoms with E-state index in [4.69, 9.17) is 0 Å². The predicted octanol–water partition coefficient (Wildman–Crippen LogP) is 4.52. The number of rotatable bonds is 4. The lowest BCUT2D eigenvalue weighted by atomic mass is 10.0. The zero-order valence-corrected chi connectivity index (χ0v) is 14.5. The molecule has 0 aliphatic carbocycles. The van der Waals surface area contributed by atoms with Crippen LogP contribution in [0.4, 0.5) is 5.69 Å². The molecule has 0 radical (unpaired) electrons. The molecule has 2 aromatic carbocycles. The van der Waals surface area contributed by atoms with Gasteiger partial charge in [0, 0.05) is 17.0 Å². The topological polar surface area (TPSA) is 41.5 Å². The van der Waals surface area contributed by atoms with Gasteiger partial charge in [-0.05, 0) is 18.6 Å². The summed E-state index contributed by atoms with van der Waals surface area (Å²) in [5.41, 5.74) is 2.97. The highest BCUT2D eigenvalue weighted by Gasteiger charge is 2.19. The lowest BCUT2D eigenvalue weighted by Gasteiger charge is -2.14. The van der Waals surface area contributed by atoms with Crippen molar-refractivity contribution in [3.8, 4) is 11.1 Å². The van der Waals surface area contributed by atoms with E-state index < -0.39 is 0 Å². The summed E-state index contributed by atoms with van der Waals surface area (Å²) < 4.78 is 1.02. The Kier molecular flexibility index (Phi) is 5.41. The molecule has 0 unspecified atom stereocenters. The largest absolute Gasteiger partial charge is 0.325 e.